The summed E-state index contributed by atoms with van der Waals surface area (Å²) < 4.78 is 0. The molecule has 1 heterocycles. The Kier molecular flexibility index (Phi) is 3.61. The maximum Gasteiger partial charge on any atom is 0.0454 e. The molecule has 3 rings (SSSR count). The number of halogens is 1. The molecule has 2 aromatic carbocycles. The molecule has 0 saturated carbocycles. The minimum Gasteiger partial charge on any atom is -0.338 e. The zero-order valence-electron chi connectivity index (χ0n) is 11.1. The Hall–Kier alpha value is -1.28. The van der Waals surface area contributed by atoms with Crippen LogP contribution in [0.15, 0.2) is 48.5 Å². The van der Waals surface area contributed by atoms with Gasteiger partial charge < -0.3 is 4.90 Å². The molecule has 1 aliphatic rings. The van der Waals surface area contributed by atoms with Crippen LogP contribution in [0.5, 0.6) is 0 Å². The molecule has 98 valence electrons. The number of fused-ring (bicyclic) bond motifs is 1. The predicted octanol–water partition coefficient (Wildman–Crippen LogP) is 5.05. The van der Waals surface area contributed by atoms with E-state index in [2.05, 4.69) is 76.3 Å². The van der Waals surface area contributed by atoms with E-state index in [4.69, 9.17) is 0 Å². The largest absolute Gasteiger partial charge is 0.338 e. The normalized spacial score (nSPS) is 18.2. The molecule has 1 aliphatic heterocycles. The van der Waals surface area contributed by atoms with Crippen LogP contribution in [0.3, 0.4) is 0 Å². The molecule has 0 N–H and O–H groups in total. The molecule has 2 aromatic rings. The van der Waals surface area contributed by atoms with Crippen molar-refractivity contribution in [2.45, 2.75) is 31.1 Å². The Morgan fingerprint density at radius 1 is 1.05 bits per heavy atom. The van der Waals surface area contributed by atoms with Crippen molar-refractivity contribution in [1.82, 2.24) is 0 Å². The number of nitrogens with zero attached hydrogens (tertiary/aromatic N) is 1. The van der Waals surface area contributed by atoms with Gasteiger partial charge in [0.15, 0.2) is 0 Å². The van der Waals surface area contributed by atoms with Gasteiger partial charge in [-0.1, -0.05) is 52.3 Å². The number of hydrogen-bond donors (Lipinski definition) is 0. The summed E-state index contributed by atoms with van der Waals surface area (Å²) in [7, 11) is 0. The van der Waals surface area contributed by atoms with E-state index in [0.29, 0.717) is 6.04 Å². The SMILES string of the molecule is CC1CCc2ccccc2N1c1ccccc1CBr. The molecule has 0 aliphatic carbocycles. The van der Waals surface area contributed by atoms with Gasteiger partial charge in [-0.3, -0.25) is 0 Å². The van der Waals surface area contributed by atoms with Gasteiger partial charge in [0.25, 0.3) is 0 Å². The lowest BCUT2D eigenvalue weighted by Crippen LogP contribution is -2.33. The maximum atomic E-state index is 3.61. The van der Waals surface area contributed by atoms with Gasteiger partial charge in [0.2, 0.25) is 0 Å². The van der Waals surface area contributed by atoms with Crippen molar-refractivity contribution in [1.29, 1.82) is 0 Å². The lowest BCUT2D eigenvalue weighted by atomic mass is 9.95. The van der Waals surface area contributed by atoms with Gasteiger partial charge in [-0.25, -0.2) is 0 Å². The fraction of sp³-hybridized carbons (Fsp3) is 0.294. The van der Waals surface area contributed by atoms with Crippen LogP contribution in [0.25, 0.3) is 0 Å². The maximum absolute atomic E-state index is 3.61. The fourth-order valence-electron chi connectivity index (χ4n) is 2.91. The van der Waals surface area contributed by atoms with Crippen LogP contribution in [0.4, 0.5) is 11.4 Å². The zero-order valence-corrected chi connectivity index (χ0v) is 12.7. The molecule has 0 saturated heterocycles. The summed E-state index contributed by atoms with van der Waals surface area (Å²) in [6.45, 7) is 2.32. The molecule has 1 atom stereocenters. The van der Waals surface area contributed by atoms with Crippen molar-refractivity contribution in [2.24, 2.45) is 0 Å². The topological polar surface area (TPSA) is 3.24 Å². The Bertz CT molecular complexity index is 579. The standard InChI is InChI=1S/C17H18BrN/c1-13-10-11-14-6-2-4-8-16(14)19(13)17-9-5-3-7-15(17)12-18/h2-9,13H,10-12H2,1H3. The van der Waals surface area contributed by atoms with Gasteiger partial charge in [-0.2, -0.15) is 0 Å². The minimum atomic E-state index is 0.551. The highest BCUT2D eigenvalue weighted by molar-refractivity contribution is 9.08. The Labute approximate surface area is 123 Å². The van der Waals surface area contributed by atoms with E-state index in [1.54, 1.807) is 0 Å². The van der Waals surface area contributed by atoms with Gasteiger partial charge >= 0.3 is 0 Å². The summed E-state index contributed by atoms with van der Waals surface area (Å²) in [5, 5.41) is 0.897. The van der Waals surface area contributed by atoms with Crippen molar-refractivity contribution in [3.05, 3.63) is 59.7 Å². The number of para-hydroxylation sites is 2. The molecule has 2 heteroatoms. The average molecular weight is 316 g/mol. The first kappa shape index (κ1) is 12.7. The molecular weight excluding hydrogens is 298 g/mol. The first-order valence-corrected chi connectivity index (χ1v) is 7.94. The van der Waals surface area contributed by atoms with E-state index >= 15 is 0 Å². The number of anilines is 2. The second-order valence-electron chi connectivity index (χ2n) is 5.15. The van der Waals surface area contributed by atoms with E-state index in [9.17, 15) is 0 Å². The Balaban J connectivity index is 2.13. The molecule has 0 bridgehead atoms. The molecule has 0 amide bonds. The van der Waals surface area contributed by atoms with Crippen molar-refractivity contribution in [2.75, 3.05) is 4.90 Å². The van der Waals surface area contributed by atoms with Gasteiger partial charge in [0.05, 0.1) is 0 Å². The molecule has 0 spiro atoms. The van der Waals surface area contributed by atoms with Crippen LogP contribution in [-0.4, -0.2) is 6.04 Å². The Morgan fingerprint density at radius 2 is 1.74 bits per heavy atom. The molecular formula is C17H18BrN. The van der Waals surface area contributed by atoms with Gasteiger partial charge in [0, 0.05) is 22.7 Å². The molecule has 1 unspecified atom stereocenters. The van der Waals surface area contributed by atoms with E-state index in [0.717, 1.165) is 5.33 Å². The summed E-state index contributed by atoms with van der Waals surface area (Å²) in [6, 6.07) is 18.0. The second kappa shape index (κ2) is 5.38. The predicted molar refractivity (Wildman–Crippen MR) is 85.4 cm³/mol. The van der Waals surface area contributed by atoms with Crippen molar-refractivity contribution in [3.8, 4) is 0 Å². The molecule has 0 radical (unpaired) electrons. The monoisotopic (exact) mass is 315 g/mol. The summed E-state index contributed by atoms with van der Waals surface area (Å²) >= 11 is 3.61. The lowest BCUT2D eigenvalue weighted by Gasteiger charge is -2.38. The highest BCUT2D eigenvalue weighted by Gasteiger charge is 2.25. The van der Waals surface area contributed by atoms with Gasteiger partial charge in [-0.15, -0.1) is 0 Å². The third-order valence-corrected chi connectivity index (χ3v) is 4.52. The van der Waals surface area contributed by atoms with E-state index in [1.807, 2.05) is 0 Å². The summed E-state index contributed by atoms with van der Waals surface area (Å²) in [5.74, 6) is 0. The third-order valence-electron chi connectivity index (χ3n) is 3.92. The fourth-order valence-corrected chi connectivity index (χ4v) is 3.39. The average Bonchev–Trinajstić information content (AvgIpc) is 2.47. The number of alkyl halides is 1. The second-order valence-corrected chi connectivity index (χ2v) is 5.71. The number of rotatable bonds is 2. The van der Waals surface area contributed by atoms with E-state index < -0.39 is 0 Å². The van der Waals surface area contributed by atoms with E-state index in [1.165, 1.54) is 35.3 Å². The highest BCUT2D eigenvalue weighted by Crippen LogP contribution is 2.38. The molecule has 1 nitrogen and oxygen atoms in total. The van der Waals surface area contributed by atoms with Crippen LogP contribution >= 0.6 is 15.9 Å². The summed E-state index contributed by atoms with van der Waals surface area (Å²) in [4.78, 5) is 2.50. The van der Waals surface area contributed by atoms with Crippen molar-refractivity contribution >= 4 is 27.3 Å². The molecule has 0 aromatic heterocycles. The lowest BCUT2D eigenvalue weighted by molar-refractivity contribution is 0.617. The summed E-state index contributed by atoms with van der Waals surface area (Å²) in [5.41, 5.74) is 5.52. The number of hydrogen-bond acceptors (Lipinski definition) is 1. The van der Waals surface area contributed by atoms with Crippen molar-refractivity contribution in [3.63, 3.8) is 0 Å². The van der Waals surface area contributed by atoms with E-state index in [-0.39, 0.29) is 0 Å². The summed E-state index contributed by atoms with van der Waals surface area (Å²) in [6.07, 6.45) is 2.40. The molecule has 19 heavy (non-hydrogen) atoms. The zero-order chi connectivity index (χ0) is 13.2. The van der Waals surface area contributed by atoms with Crippen molar-refractivity contribution < 1.29 is 0 Å². The van der Waals surface area contributed by atoms with Crippen LogP contribution in [0.2, 0.25) is 0 Å². The van der Waals surface area contributed by atoms with Crippen LogP contribution in [-0.2, 0) is 11.8 Å². The van der Waals surface area contributed by atoms with Crippen LogP contribution in [0.1, 0.15) is 24.5 Å². The van der Waals surface area contributed by atoms with Crippen LogP contribution in [0, 0.1) is 0 Å². The first-order valence-electron chi connectivity index (χ1n) is 6.82. The molecule has 0 fully saturated rings. The first-order chi connectivity index (χ1) is 9.31. The quantitative estimate of drug-likeness (QED) is 0.701. The smallest absolute Gasteiger partial charge is 0.0454 e. The number of aryl methyl sites for hydroxylation is 1. The third kappa shape index (κ3) is 2.30. The minimum absolute atomic E-state index is 0.551. The highest BCUT2D eigenvalue weighted by atomic mass is 79.9. The van der Waals surface area contributed by atoms with Gasteiger partial charge in [0.1, 0.15) is 0 Å². The Morgan fingerprint density at radius 3 is 2.53 bits per heavy atom. The van der Waals surface area contributed by atoms with Gasteiger partial charge in [-0.05, 0) is 43.0 Å². The van der Waals surface area contributed by atoms with Crippen LogP contribution < -0.4 is 4.90 Å². The number of benzene rings is 2.